The van der Waals surface area contributed by atoms with Crippen LogP contribution in [0.25, 0.3) is 0 Å². The van der Waals surface area contributed by atoms with E-state index in [1.807, 2.05) is 23.0 Å². The van der Waals surface area contributed by atoms with Crippen LogP contribution in [-0.2, 0) is 22.9 Å². The minimum atomic E-state index is -2.85. The molecule has 0 aromatic carbocycles. The fourth-order valence-corrected chi connectivity index (χ4v) is 5.21. The molecule has 0 unspecified atom stereocenters. The van der Waals surface area contributed by atoms with Crippen LogP contribution in [0, 0.1) is 0 Å². The maximum atomic E-state index is 11.7. The summed E-state index contributed by atoms with van der Waals surface area (Å²) in [6, 6.07) is 6.18. The SMILES string of the molecule is O=S1(=O)CC[C@H](N(CCn2cccn2)Cc2cccs2)C1. The normalized spacial score (nSPS) is 21.1. The van der Waals surface area contributed by atoms with Crippen molar-refractivity contribution >= 4 is 21.2 Å². The van der Waals surface area contributed by atoms with Crippen molar-refractivity contribution in [2.24, 2.45) is 0 Å². The molecule has 0 aliphatic carbocycles. The summed E-state index contributed by atoms with van der Waals surface area (Å²) >= 11 is 1.72. The van der Waals surface area contributed by atoms with Crippen molar-refractivity contribution in [1.82, 2.24) is 14.7 Å². The fraction of sp³-hybridized carbons (Fsp3) is 0.500. The smallest absolute Gasteiger partial charge is 0.151 e. The largest absolute Gasteiger partial charge is 0.292 e. The molecule has 0 spiro atoms. The van der Waals surface area contributed by atoms with E-state index in [1.165, 1.54) is 4.88 Å². The van der Waals surface area contributed by atoms with Crippen molar-refractivity contribution < 1.29 is 8.42 Å². The maximum absolute atomic E-state index is 11.7. The summed E-state index contributed by atoms with van der Waals surface area (Å²) < 4.78 is 25.4. The molecule has 3 heterocycles. The minimum Gasteiger partial charge on any atom is -0.292 e. The second-order valence-electron chi connectivity index (χ2n) is 5.38. The van der Waals surface area contributed by atoms with E-state index in [0.717, 1.165) is 26.1 Å². The second kappa shape index (κ2) is 6.29. The molecule has 2 aromatic rings. The molecule has 2 aromatic heterocycles. The van der Waals surface area contributed by atoms with Crippen LogP contribution < -0.4 is 0 Å². The molecule has 1 aliphatic rings. The lowest BCUT2D eigenvalue weighted by Gasteiger charge is -2.27. The van der Waals surface area contributed by atoms with Crippen LogP contribution in [0.5, 0.6) is 0 Å². The van der Waals surface area contributed by atoms with E-state index >= 15 is 0 Å². The van der Waals surface area contributed by atoms with Gasteiger partial charge in [0.25, 0.3) is 0 Å². The Hall–Kier alpha value is -1.18. The predicted octanol–water partition coefficient (Wildman–Crippen LogP) is 1.63. The summed E-state index contributed by atoms with van der Waals surface area (Å²) in [5.41, 5.74) is 0. The van der Waals surface area contributed by atoms with Gasteiger partial charge in [-0.3, -0.25) is 9.58 Å². The molecule has 0 amide bonds. The Morgan fingerprint density at radius 3 is 2.95 bits per heavy atom. The molecular weight excluding hydrogens is 306 g/mol. The molecule has 1 atom stereocenters. The number of rotatable bonds is 6. The Kier molecular flexibility index (Phi) is 4.42. The first-order valence-corrected chi connectivity index (χ1v) is 9.77. The van der Waals surface area contributed by atoms with E-state index in [0.29, 0.717) is 5.75 Å². The van der Waals surface area contributed by atoms with Crippen molar-refractivity contribution in [1.29, 1.82) is 0 Å². The first kappa shape index (κ1) is 14.7. The lowest BCUT2D eigenvalue weighted by molar-refractivity contribution is 0.194. The van der Waals surface area contributed by atoms with E-state index in [2.05, 4.69) is 21.4 Å². The number of nitrogens with zero attached hydrogens (tertiary/aromatic N) is 3. The van der Waals surface area contributed by atoms with Gasteiger partial charge in [0.1, 0.15) is 0 Å². The van der Waals surface area contributed by atoms with Crippen LogP contribution in [0.2, 0.25) is 0 Å². The molecule has 1 aliphatic heterocycles. The molecule has 1 fully saturated rings. The Labute approximate surface area is 129 Å². The van der Waals surface area contributed by atoms with Gasteiger partial charge in [-0.25, -0.2) is 8.42 Å². The van der Waals surface area contributed by atoms with E-state index < -0.39 is 9.84 Å². The first-order valence-electron chi connectivity index (χ1n) is 7.07. The van der Waals surface area contributed by atoms with Crippen molar-refractivity contribution in [2.45, 2.75) is 25.6 Å². The van der Waals surface area contributed by atoms with Crippen LogP contribution in [0.1, 0.15) is 11.3 Å². The van der Waals surface area contributed by atoms with Gasteiger partial charge < -0.3 is 0 Å². The Balaban J connectivity index is 1.68. The van der Waals surface area contributed by atoms with Gasteiger partial charge >= 0.3 is 0 Å². The zero-order valence-electron chi connectivity index (χ0n) is 11.8. The Morgan fingerprint density at radius 2 is 2.33 bits per heavy atom. The highest BCUT2D eigenvalue weighted by atomic mass is 32.2. The molecule has 0 saturated carbocycles. The third-order valence-electron chi connectivity index (χ3n) is 3.84. The van der Waals surface area contributed by atoms with Crippen LogP contribution in [0.4, 0.5) is 0 Å². The zero-order chi connectivity index (χ0) is 14.7. The van der Waals surface area contributed by atoms with Crippen LogP contribution in [0.3, 0.4) is 0 Å². The first-order chi connectivity index (χ1) is 10.1. The Bertz CT molecular complexity index is 650. The highest BCUT2D eigenvalue weighted by Gasteiger charge is 2.32. The summed E-state index contributed by atoms with van der Waals surface area (Å²) in [6.07, 6.45) is 4.45. The number of hydrogen-bond acceptors (Lipinski definition) is 5. The van der Waals surface area contributed by atoms with Gasteiger partial charge in [0.05, 0.1) is 18.1 Å². The monoisotopic (exact) mass is 325 g/mol. The predicted molar refractivity (Wildman–Crippen MR) is 84.0 cm³/mol. The topological polar surface area (TPSA) is 55.2 Å². The standard InChI is InChI=1S/C14H19N3O2S2/c18-21(19)10-4-13(12-21)16(11-14-3-1-9-20-14)7-8-17-6-2-5-15-17/h1-3,5-6,9,13H,4,7-8,10-12H2/t13-/m0/s1. The molecule has 21 heavy (non-hydrogen) atoms. The number of thiophene rings is 1. The van der Waals surface area contributed by atoms with Gasteiger partial charge in [-0.1, -0.05) is 6.07 Å². The molecule has 1 saturated heterocycles. The van der Waals surface area contributed by atoms with Crippen LogP contribution >= 0.6 is 11.3 Å². The number of aromatic nitrogens is 2. The van der Waals surface area contributed by atoms with Crippen molar-refractivity contribution in [3.8, 4) is 0 Å². The van der Waals surface area contributed by atoms with Crippen LogP contribution in [-0.4, -0.2) is 47.2 Å². The molecule has 0 bridgehead atoms. The van der Waals surface area contributed by atoms with Gasteiger partial charge in [0.15, 0.2) is 9.84 Å². The van der Waals surface area contributed by atoms with E-state index in [1.54, 1.807) is 17.5 Å². The highest BCUT2D eigenvalue weighted by molar-refractivity contribution is 7.91. The number of hydrogen-bond donors (Lipinski definition) is 0. The maximum Gasteiger partial charge on any atom is 0.151 e. The molecular formula is C14H19N3O2S2. The Morgan fingerprint density at radius 1 is 1.43 bits per heavy atom. The molecule has 7 heteroatoms. The molecule has 0 radical (unpaired) electrons. The van der Waals surface area contributed by atoms with E-state index in [-0.39, 0.29) is 11.8 Å². The quantitative estimate of drug-likeness (QED) is 0.810. The zero-order valence-corrected chi connectivity index (χ0v) is 13.4. The summed E-state index contributed by atoms with van der Waals surface area (Å²) in [6.45, 7) is 2.42. The lowest BCUT2D eigenvalue weighted by atomic mass is 10.2. The average Bonchev–Trinajstić information content (AvgIpc) is 3.15. The second-order valence-corrected chi connectivity index (χ2v) is 8.64. The van der Waals surface area contributed by atoms with Gasteiger partial charge in [0.2, 0.25) is 0 Å². The molecule has 5 nitrogen and oxygen atoms in total. The van der Waals surface area contributed by atoms with Crippen molar-refractivity contribution in [3.63, 3.8) is 0 Å². The van der Waals surface area contributed by atoms with Gasteiger partial charge in [0, 0.05) is 36.4 Å². The fourth-order valence-electron chi connectivity index (χ4n) is 2.72. The highest BCUT2D eigenvalue weighted by Crippen LogP contribution is 2.21. The molecule has 3 rings (SSSR count). The summed E-state index contributed by atoms with van der Waals surface area (Å²) in [4.78, 5) is 3.57. The van der Waals surface area contributed by atoms with Crippen LogP contribution in [0.15, 0.2) is 36.0 Å². The molecule has 0 N–H and O–H groups in total. The van der Waals surface area contributed by atoms with E-state index in [9.17, 15) is 8.42 Å². The lowest BCUT2D eigenvalue weighted by Crippen LogP contribution is -2.37. The summed E-state index contributed by atoms with van der Waals surface area (Å²) in [5, 5.41) is 6.28. The van der Waals surface area contributed by atoms with Crippen molar-refractivity contribution in [3.05, 3.63) is 40.8 Å². The van der Waals surface area contributed by atoms with E-state index in [4.69, 9.17) is 0 Å². The molecule has 114 valence electrons. The average molecular weight is 325 g/mol. The third-order valence-corrected chi connectivity index (χ3v) is 6.45. The van der Waals surface area contributed by atoms with Gasteiger partial charge in [-0.2, -0.15) is 5.10 Å². The van der Waals surface area contributed by atoms with Gasteiger partial charge in [-0.15, -0.1) is 11.3 Å². The summed E-state index contributed by atoms with van der Waals surface area (Å²) in [7, 11) is -2.85. The van der Waals surface area contributed by atoms with Gasteiger partial charge in [-0.05, 0) is 23.9 Å². The summed E-state index contributed by atoms with van der Waals surface area (Å²) in [5.74, 6) is 0.609. The minimum absolute atomic E-state index is 0.132. The number of sulfone groups is 1. The third kappa shape index (κ3) is 3.93. The van der Waals surface area contributed by atoms with Crippen molar-refractivity contribution in [2.75, 3.05) is 18.1 Å².